The van der Waals surface area contributed by atoms with Gasteiger partial charge < -0.3 is 0 Å². The smallest absolute Gasteiger partial charge is 0.265 e. The third kappa shape index (κ3) is 3.00. The van der Waals surface area contributed by atoms with E-state index in [1.54, 1.807) is 0 Å². The Labute approximate surface area is 149 Å². The molecule has 0 saturated heterocycles. The highest BCUT2D eigenvalue weighted by atomic mass is 32.2. The summed E-state index contributed by atoms with van der Waals surface area (Å²) < 4.78 is 33.4. The van der Waals surface area contributed by atoms with Crippen molar-refractivity contribution in [2.75, 3.05) is 12.3 Å². The molecule has 3 rings (SSSR count). The summed E-state index contributed by atoms with van der Waals surface area (Å²) in [5, 5.41) is 2.51. The highest BCUT2D eigenvalue weighted by Gasteiger charge is 2.48. The molecule has 134 valence electrons. The normalized spacial score (nSPS) is 16.5. The van der Waals surface area contributed by atoms with Crippen molar-refractivity contribution < 1.29 is 17.5 Å². The van der Waals surface area contributed by atoms with Crippen LogP contribution in [0.25, 0.3) is 10.8 Å². The molecule has 0 fully saturated rings. The molecule has 0 unspecified atom stereocenters. The van der Waals surface area contributed by atoms with E-state index in [-0.39, 0.29) is 11.2 Å². The summed E-state index contributed by atoms with van der Waals surface area (Å²) >= 11 is 0. The highest BCUT2D eigenvalue weighted by Crippen LogP contribution is 2.47. The third-order valence-corrected chi connectivity index (χ3v) is 6.57. The average molecular weight is 360 g/mol. The van der Waals surface area contributed by atoms with Crippen LogP contribution in [0, 0.1) is 0 Å². The molecule has 0 aliphatic carbocycles. The Hall–Kier alpha value is -1.72. The van der Waals surface area contributed by atoms with E-state index < -0.39 is 10.1 Å². The van der Waals surface area contributed by atoms with Crippen LogP contribution >= 0.6 is 0 Å². The number of rotatable bonds is 6. The van der Waals surface area contributed by atoms with Gasteiger partial charge in [-0.25, -0.2) is 0 Å². The fourth-order valence-corrected chi connectivity index (χ4v) is 4.91. The third-order valence-electron chi connectivity index (χ3n) is 5.76. The second kappa shape index (κ2) is 6.54. The van der Waals surface area contributed by atoms with Crippen LogP contribution in [-0.4, -0.2) is 35.6 Å². The molecule has 2 aromatic carbocycles. The van der Waals surface area contributed by atoms with Gasteiger partial charge >= 0.3 is 0 Å². The standard InChI is InChI=1S/C20H25NO3S/c1-4-20(5-2)15(3)21(13-8-14-25(22,23)24)18-12-11-16-9-6-7-10-17(16)19(18)20/h6-7,9-12H,4-5,8,13-14H2,1-3H3/p+1. The number of nitrogens with zero attached hydrogens (tertiary/aromatic N) is 1. The molecule has 2 aromatic rings. The maximum atomic E-state index is 11.1. The van der Waals surface area contributed by atoms with Gasteiger partial charge in [0.05, 0.1) is 11.2 Å². The van der Waals surface area contributed by atoms with Crippen molar-refractivity contribution in [1.29, 1.82) is 0 Å². The molecule has 0 atom stereocenters. The zero-order valence-corrected chi connectivity index (χ0v) is 15.9. The van der Waals surface area contributed by atoms with Gasteiger partial charge in [0.15, 0.2) is 5.71 Å². The lowest BCUT2D eigenvalue weighted by atomic mass is 9.72. The lowest BCUT2D eigenvalue weighted by Gasteiger charge is -2.25. The molecular weight excluding hydrogens is 334 g/mol. The molecule has 5 heteroatoms. The Morgan fingerprint density at radius 2 is 1.76 bits per heavy atom. The van der Waals surface area contributed by atoms with E-state index >= 15 is 0 Å². The Balaban J connectivity index is 2.14. The molecule has 1 heterocycles. The maximum Gasteiger partial charge on any atom is 0.265 e. The van der Waals surface area contributed by atoms with Crippen LogP contribution in [0.4, 0.5) is 5.69 Å². The minimum Gasteiger partial charge on any atom is -0.286 e. The summed E-state index contributed by atoms with van der Waals surface area (Å²) in [4.78, 5) is 0. The van der Waals surface area contributed by atoms with Gasteiger partial charge in [0.25, 0.3) is 10.1 Å². The Kier molecular flexibility index (Phi) is 4.73. The summed E-state index contributed by atoms with van der Waals surface area (Å²) in [7, 11) is -3.92. The molecule has 0 aromatic heterocycles. The minimum absolute atomic E-state index is 0.0196. The maximum absolute atomic E-state index is 11.1. The lowest BCUT2D eigenvalue weighted by Crippen LogP contribution is -2.32. The van der Waals surface area contributed by atoms with Gasteiger partial charge in [0, 0.05) is 25.0 Å². The van der Waals surface area contributed by atoms with E-state index in [1.807, 2.05) is 0 Å². The molecule has 1 aliphatic rings. The largest absolute Gasteiger partial charge is 0.286 e. The van der Waals surface area contributed by atoms with Crippen LogP contribution in [0.1, 0.15) is 45.6 Å². The summed E-state index contributed by atoms with van der Waals surface area (Å²) in [6.45, 7) is 7.20. The monoisotopic (exact) mass is 360 g/mol. The van der Waals surface area contributed by atoms with E-state index in [4.69, 9.17) is 4.55 Å². The van der Waals surface area contributed by atoms with Gasteiger partial charge in [-0.2, -0.15) is 13.0 Å². The van der Waals surface area contributed by atoms with Gasteiger partial charge in [-0.1, -0.05) is 38.1 Å². The van der Waals surface area contributed by atoms with Gasteiger partial charge in [-0.3, -0.25) is 4.55 Å². The first-order chi connectivity index (χ1) is 11.8. The van der Waals surface area contributed by atoms with Crippen molar-refractivity contribution >= 4 is 32.3 Å². The summed E-state index contributed by atoms with van der Waals surface area (Å²) in [6.07, 6.45) is 2.42. The van der Waals surface area contributed by atoms with Crippen molar-refractivity contribution in [1.82, 2.24) is 0 Å². The number of fused-ring (bicyclic) bond motifs is 3. The van der Waals surface area contributed by atoms with Crippen molar-refractivity contribution in [3.8, 4) is 0 Å². The van der Waals surface area contributed by atoms with Crippen LogP contribution < -0.4 is 0 Å². The van der Waals surface area contributed by atoms with Crippen molar-refractivity contribution in [3.05, 3.63) is 42.0 Å². The first kappa shape index (κ1) is 18.1. The van der Waals surface area contributed by atoms with Gasteiger partial charge in [-0.15, -0.1) is 0 Å². The zero-order valence-electron chi connectivity index (χ0n) is 15.1. The zero-order chi connectivity index (χ0) is 18.2. The fourth-order valence-electron chi connectivity index (χ4n) is 4.42. The molecule has 0 saturated carbocycles. The second-order valence-corrected chi connectivity index (χ2v) is 8.42. The lowest BCUT2D eigenvalue weighted by molar-refractivity contribution is -0.438. The summed E-state index contributed by atoms with van der Waals surface area (Å²) in [5.74, 6) is -0.203. The molecule has 1 N–H and O–H groups in total. The van der Waals surface area contributed by atoms with E-state index in [2.05, 4.69) is 61.7 Å². The second-order valence-electron chi connectivity index (χ2n) is 6.85. The molecule has 25 heavy (non-hydrogen) atoms. The van der Waals surface area contributed by atoms with Crippen LogP contribution in [-0.2, 0) is 15.5 Å². The Morgan fingerprint density at radius 3 is 2.40 bits per heavy atom. The first-order valence-electron chi connectivity index (χ1n) is 8.93. The van der Waals surface area contributed by atoms with Crippen LogP contribution in [0.3, 0.4) is 0 Å². The van der Waals surface area contributed by atoms with Crippen molar-refractivity contribution in [3.63, 3.8) is 0 Å². The molecule has 1 aliphatic heterocycles. The van der Waals surface area contributed by atoms with E-state index in [1.165, 1.54) is 27.7 Å². The molecular formula is C20H26NO3S+. The number of hydrogen-bond donors (Lipinski definition) is 1. The topological polar surface area (TPSA) is 57.4 Å². The summed E-state index contributed by atoms with van der Waals surface area (Å²) in [5.41, 5.74) is 3.79. The van der Waals surface area contributed by atoms with Crippen molar-refractivity contribution in [2.45, 2.75) is 45.4 Å². The summed E-state index contributed by atoms with van der Waals surface area (Å²) in [6, 6.07) is 12.8. The molecule has 0 amide bonds. The molecule has 4 nitrogen and oxygen atoms in total. The van der Waals surface area contributed by atoms with Crippen LogP contribution in [0.5, 0.6) is 0 Å². The quantitative estimate of drug-likeness (QED) is 0.617. The fraction of sp³-hybridized carbons (Fsp3) is 0.450. The van der Waals surface area contributed by atoms with Gasteiger partial charge in [0.2, 0.25) is 5.69 Å². The van der Waals surface area contributed by atoms with Crippen molar-refractivity contribution in [2.24, 2.45) is 0 Å². The molecule has 0 radical (unpaired) electrons. The molecule has 0 spiro atoms. The van der Waals surface area contributed by atoms with E-state index in [0.29, 0.717) is 13.0 Å². The Morgan fingerprint density at radius 1 is 1.08 bits per heavy atom. The SMILES string of the molecule is CCC1(CC)C(C)=[N+](CCCS(=O)(=O)O)c2ccc3ccccc3c21. The highest BCUT2D eigenvalue weighted by molar-refractivity contribution is 7.85. The van der Waals surface area contributed by atoms with Crippen LogP contribution in [0.15, 0.2) is 36.4 Å². The first-order valence-corrected chi connectivity index (χ1v) is 10.5. The minimum atomic E-state index is -3.92. The van der Waals surface area contributed by atoms with E-state index in [0.717, 1.165) is 12.8 Å². The number of benzene rings is 2. The predicted octanol–water partition coefficient (Wildman–Crippen LogP) is 4.29. The van der Waals surface area contributed by atoms with E-state index in [9.17, 15) is 8.42 Å². The van der Waals surface area contributed by atoms with Gasteiger partial charge in [-0.05, 0) is 29.7 Å². The number of hydrogen-bond acceptors (Lipinski definition) is 2. The Bertz CT molecular complexity index is 941. The van der Waals surface area contributed by atoms with Gasteiger partial charge in [0.1, 0.15) is 6.54 Å². The van der Waals surface area contributed by atoms with Crippen LogP contribution in [0.2, 0.25) is 0 Å². The average Bonchev–Trinajstić information content (AvgIpc) is 2.83. The molecule has 0 bridgehead atoms. The predicted molar refractivity (Wildman–Crippen MR) is 103 cm³/mol.